The van der Waals surface area contributed by atoms with Crippen molar-refractivity contribution in [2.24, 2.45) is 0 Å². The molecule has 2 nitrogen and oxygen atoms in total. The first-order chi connectivity index (χ1) is 7.72. The number of rotatable bonds is 3. The molecule has 1 aromatic carbocycles. The number of nitrogens with one attached hydrogen (secondary N) is 1. The number of hydrogen-bond acceptors (Lipinski definition) is 2. The first-order valence-electron chi connectivity index (χ1n) is 5.05. The van der Waals surface area contributed by atoms with E-state index < -0.39 is 0 Å². The summed E-state index contributed by atoms with van der Waals surface area (Å²) < 4.78 is 0. The Balaban J connectivity index is 2.35. The number of H-pyrrole nitrogens is 1. The molecule has 0 saturated heterocycles. The molecule has 1 heterocycles. The van der Waals surface area contributed by atoms with Crippen LogP contribution in [0.25, 0.3) is 0 Å². The third-order valence-corrected chi connectivity index (χ3v) is 3.22. The number of carbonyl (C=O) groups is 1. The van der Waals surface area contributed by atoms with Crippen LogP contribution in [0.1, 0.15) is 21.5 Å². The average Bonchev–Trinajstić information content (AvgIpc) is 2.77. The smallest absolute Gasteiger partial charge is 0.195 e. The summed E-state index contributed by atoms with van der Waals surface area (Å²) in [7, 11) is 0. The Kier molecular flexibility index (Phi) is 3.15. The summed E-state index contributed by atoms with van der Waals surface area (Å²) in [5.74, 6) is 0.0746. The molecule has 1 aromatic heterocycles. The summed E-state index contributed by atoms with van der Waals surface area (Å²) in [6, 6.07) is 9.48. The molecule has 0 aliphatic heterocycles. The maximum absolute atomic E-state index is 12.2. The van der Waals surface area contributed by atoms with Crippen LogP contribution >= 0.6 is 11.8 Å². The summed E-state index contributed by atoms with van der Waals surface area (Å²) >= 11 is 1.55. The normalized spacial score (nSPS) is 10.4. The monoisotopic (exact) mass is 231 g/mol. The molecule has 2 rings (SSSR count). The molecule has 0 saturated carbocycles. The Morgan fingerprint density at radius 2 is 1.88 bits per heavy atom. The van der Waals surface area contributed by atoms with Gasteiger partial charge in [-0.25, -0.2) is 0 Å². The fraction of sp³-hybridized carbons (Fsp3) is 0.154. The number of thioether (sulfide) groups is 1. The summed E-state index contributed by atoms with van der Waals surface area (Å²) in [6.45, 7) is 2.01. The van der Waals surface area contributed by atoms with Crippen LogP contribution in [0, 0.1) is 6.92 Å². The molecular weight excluding hydrogens is 218 g/mol. The van der Waals surface area contributed by atoms with Crippen molar-refractivity contribution in [3.05, 3.63) is 53.2 Å². The van der Waals surface area contributed by atoms with Crippen molar-refractivity contribution in [1.29, 1.82) is 0 Å². The Bertz CT molecular complexity index is 499. The molecule has 0 fully saturated rings. The van der Waals surface area contributed by atoms with Gasteiger partial charge in [-0.3, -0.25) is 4.79 Å². The van der Waals surface area contributed by atoms with Gasteiger partial charge in [-0.15, -0.1) is 11.8 Å². The molecule has 0 spiro atoms. The Morgan fingerprint density at radius 1 is 1.19 bits per heavy atom. The van der Waals surface area contributed by atoms with Crippen molar-refractivity contribution >= 4 is 17.5 Å². The Labute approximate surface area is 99.1 Å². The van der Waals surface area contributed by atoms with Crippen LogP contribution in [0.5, 0.6) is 0 Å². The number of aromatic amines is 1. The fourth-order valence-electron chi connectivity index (χ4n) is 1.56. The lowest BCUT2D eigenvalue weighted by atomic mass is 10.0. The van der Waals surface area contributed by atoms with Crippen molar-refractivity contribution in [3.63, 3.8) is 0 Å². The van der Waals surface area contributed by atoms with Crippen molar-refractivity contribution in [3.8, 4) is 0 Å². The number of ketones is 1. The summed E-state index contributed by atoms with van der Waals surface area (Å²) in [4.78, 5) is 15.2. The van der Waals surface area contributed by atoms with E-state index in [4.69, 9.17) is 0 Å². The van der Waals surface area contributed by atoms with Gasteiger partial charge in [-0.2, -0.15) is 0 Å². The molecular formula is C13H13NOS. The van der Waals surface area contributed by atoms with Gasteiger partial charge in [0, 0.05) is 11.8 Å². The highest BCUT2D eigenvalue weighted by molar-refractivity contribution is 7.98. The van der Waals surface area contributed by atoms with Crippen molar-refractivity contribution in [2.75, 3.05) is 6.26 Å². The lowest BCUT2D eigenvalue weighted by Crippen LogP contribution is -2.01. The van der Waals surface area contributed by atoms with E-state index in [1.807, 2.05) is 43.5 Å². The quantitative estimate of drug-likeness (QED) is 0.649. The molecule has 0 aliphatic carbocycles. The molecule has 3 heteroatoms. The van der Waals surface area contributed by atoms with Gasteiger partial charge in [0.15, 0.2) is 5.78 Å². The highest BCUT2D eigenvalue weighted by atomic mass is 32.2. The standard InChI is InChI=1S/C13H13NOS/c1-9-3-5-10(6-4-9)12(15)11-7-8-14-13(11)16-2/h3-8,14H,1-2H3. The van der Waals surface area contributed by atoms with E-state index in [9.17, 15) is 4.79 Å². The van der Waals surface area contributed by atoms with Crippen LogP contribution < -0.4 is 0 Å². The number of hydrogen-bond donors (Lipinski definition) is 1. The van der Waals surface area contributed by atoms with Crippen LogP contribution in [0.3, 0.4) is 0 Å². The van der Waals surface area contributed by atoms with Crippen LogP contribution in [0.2, 0.25) is 0 Å². The minimum Gasteiger partial charge on any atom is -0.356 e. The van der Waals surface area contributed by atoms with Gasteiger partial charge in [0.05, 0.1) is 10.6 Å². The Hall–Kier alpha value is -1.48. The first kappa shape index (κ1) is 11.0. The number of aromatic nitrogens is 1. The van der Waals surface area contributed by atoms with Gasteiger partial charge in [0.25, 0.3) is 0 Å². The lowest BCUT2D eigenvalue weighted by Gasteiger charge is -2.01. The minimum absolute atomic E-state index is 0.0746. The molecule has 0 atom stereocenters. The molecule has 16 heavy (non-hydrogen) atoms. The summed E-state index contributed by atoms with van der Waals surface area (Å²) in [6.07, 6.45) is 3.75. The average molecular weight is 231 g/mol. The molecule has 0 unspecified atom stereocenters. The third-order valence-electron chi connectivity index (χ3n) is 2.47. The van der Waals surface area contributed by atoms with E-state index >= 15 is 0 Å². The van der Waals surface area contributed by atoms with Crippen molar-refractivity contribution in [2.45, 2.75) is 11.9 Å². The third kappa shape index (κ3) is 2.04. The molecule has 0 aliphatic rings. The molecule has 0 bridgehead atoms. The Morgan fingerprint density at radius 3 is 2.50 bits per heavy atom. The second-order valence-corrected chi connectivity index (χ2v) is 4.44. The second-order valence-electron chi connectivity index (χ2n) is 3.62. The molecule has 82 valence electrons. The molecule has 0 amide bonds. The van der Waals surface area contributed by atoms with Gasteiger partial charge >= 0.3 is 0 Å². The van der Waals surface area contributed by atoms with E-state index in [1.54, 1.807) is 18.0 Å². The maximum atomic E-state index is 12.2. The fourth-order valence-corrected chi connectivity index (χ4v) is 2.13. The zero-order valence-corrected chi connectivity index (χ0v) is 10.1. The zero-order chi connectivity index (χ0) is 11.5. The highest BCUT2D eigenvalue weighted by Gasteiger charge is 2.13. The maximum Gasteiger partial charge on any atom is 0.195 e. The highest BCUT2D eigenvalue weighted by Crippen LogP contribution is 2.21. The topological polar surface area (TPSA) is 32.9 Å². The minimum atomic E-state index is 0.0746. The summed E-state index contributed by atoms with van der Waals surface area (Å²) in [5.41, 5.74) is 2.65. The largest absolute Gasteiger partial charge is 0.356 e. The first-order valence-corrected chi connectivity index (χ1v) is 6.27. The summed E-state index contributed by atoms with van der Waals surface area (Å²) in [5, 5.41) is 0.922. The molecule has 2 aromatic rings. The van der Waals surface area contributed by atoms with Crippen molar-refractivity contribution < 1.29 is 4.79 Å². The van der Waals surface area contributed by atoms with Crippen LogP contribution in [0.15, 0.2) is 41.6 Å². The van der Waals surface area contributed by atoms with Gasteiger partial charge in [0.2, 0.25) is 0 Å². The van der Waals surface area contributed by atoms with Crippen molar-refractivity contribution in [1.82, 2.24) is 4.98 Å². The lowest BCUT2D eigenvalue weighted by molar-refractivity contribution is 0.103. The molecule has 0 radical (unpaired) electrons. The van der Waals surface area contributed by atoms with Gasteiger partial charge in [-0.1, -0.05) is 29.8 Å². The number of aryl methyl sites for hydroxylation is 1. The second kappa shape index (κ2) is 4.58. The van der Waals surface area contributed by atoms with E-state index in [1.165, 1.54) is 0 Å². The van der Waals surface area contributed by atoms with Gasteiger partial charge in [-0.05, 0) is 19.2 Å². The van der Waals surface area contributed by atoms with Crippen LogP contribution in [0.4, 0.5) is 0 Å². The predicted molar refractivity (Wildman–Crippen MR) is 67.2 cm³/mol. The number of benzene rings is 1. The predicted octanol–water partition coefficient (Wildman–Crippen LogP) is 3.28. The van der Waals surface area contributed by atoms with E-state index in [-0.39, 0.29) is 5.78 Å². The van der Waals surface area contributed by atoms with E-state index in [0.29, 0.717) is 0 Å². The number of carbonyl (C=O) groups excluding carboxylic acids is 1. The molecule has 1 N–H and O–H groups in total. The zero-order valence-electron chi connectivity index (χ0n) is 9.28. The van der Waals surface area contributed by atoms with Crippen LogP contribution in [-0.2, 0) is 0 Å². The van der Waals surface area contributed by atoms with Gasteiger partial charge < -0.3 is 4.98 Å². The van der Waals surface area contributed by atoms with Crippen LogP contribution in [-0.4, -0.2) is 17.0 Å². The van der Waals surface area contributed by atoms with E-state index in [0.717, 1.165) is 21.7 Å². The SMILES string of the molecule is CSc1[nH]ccc1C(=O)c1ccc(C)cc1. The van der Waals surface area contributed by atoms with E-state index in [2.05, 4.69) is 4.98 Å². The van der Waals surface area contributed by atoms with Gasteiger partial charge in [0.1, 0.15) is 0 Å².